The molecule has 1 atom stereocenters. The van der Waals surface area contributed by atoms with Gasteiger partial charge in [-0.2, -0.15) is 0 Å². The van der Waals surface area contributed by atoms with Crippen LogP contribution in [-0.2, 0) is 11.2 Å². The van der Waals surface area contributed by atoms with Crippen LogP contribution in [0.1, 0.15) is 29.0 Å². The number of hydrogen-bond acceptors (Lipinski definition) is 5. The van der Waals surface area contributed by atoms with Crippen LogP contribution in [0, 0.1) is 0 Å². The molecule has 5 rings (SSSR count). The maximum atomic E-state index is 5.42. The van der Waals surface area contributed by atoms with Crippen molar-refractivity contribution in [2.75, 3.05) is 44.7 Å². The molecule has 0 radical (unpaired) electrons. The molecule has 1 saturated heterocycles. The Morgan fingerprint density at radius 2 is 1.80 bits per heavy atom. The Morgan fingerprint density at radius 1 is 1.00 bits per heavy atom. The first-order chi connectivity index (χ1) is 14.9. The zero-order valence-corrected chi connectivity index (χ0v) is 17.3. The van der Waals surface area contributed by atoms with Gasteiger partial charge in [-0.1, -0.05) is 54.6 Å². The monoisotopic (exact) mass is 400 g/mol. The molecule has 5 nitrogen and oxygen atoms in total. The van der Waals surface area contributed by atoms with Crippen molar-refractivity contribution in [3.05, 3.63) is 77.5 Å². The van der Waals surface area contributed by atoms with Gasteiger partial charge in [-0.05, 0) is 36.1 Å². The van der Waals surface area contributed by atoms with E-state index in [-0.39, 0.29) is 0 Å². The van der Waals surface area contributed by atoms with E-state index in [2.05, 4.69) is 69.8 Å². The molecule has 3 aromatic rings. The van der Waals surface area contributed by atoms with Crippen LogP contribution in [0.15, 0.2) is 60.8 Å². The molecule has 5 heteroatoms. The van der Waals surface area contributed by atoms with Crippen molar-refractivity contribution < 1.29 is 4.74 Å². The summed E-state index contributed by atoms with van der Waals surface area (Å²) in [7, 11) is 0. The van der Waals surface area contributed by atoms with Crippen LogP contribution >= 0.6 is 0 Å². The van der Waals surface area contributed by atoms with E-state index in [0.717, 1.165) is 63.9 Å². The van der Waals surface area contributed by atoms with E-state index in [9.17, 15) is 0 Å². The molecule has 30 heavy (non-hydrogen) atoms. The molecular weight excluding hydrogens is 372 g/mol. The molecule has 0 saturated carbocycles. The third-order valence-electron chi connectivity index (χ3n) is 6.12. The summed E-state index contributed by atoms with van der Waals surface area (Å²) in [4.78, 5) is 12.0. The van der Waals surface area contributed by atoms with Gasteiger partial charge < -0.3 is 10.1 Å². The van der Waals surface area contributed by atoms with E-state index < -0.39 is 0 Å². The summed E-state index contributed by atoms with van der Waals surface area (Å²) in [5, 5.41) is 3.43. The third kappa shape index (κ3) is 4.09. The van der Waals surface area contributed by atoms with E-state index in [1.807, 2.05) is 6.20 Å². The zero-order valence-electron chi connectivity index (χ0n) is 17.3. The van der Waals surface area contributed by atoms with E-state index >= 15 is 0 Å². The average Bonchev–Trinajstić information content (AvgIpc) is 2.82. The molecule has 1 N–H and O–H groups in total. The summed E-state index contributed by atoms with van der Waals surface area (Å²) < 4.78 is 5.42. The molecule has 154 valence electrons. The number of benzene rings is 2. The largest absolute Gasteiger partial charge is 0.379 e. The average molecular weight is 401 g/mol. The van der Waals surface area contributed by atoms with Gasteiger partial charge >= 0.3 is 0 Å². The lowest BCUT2D eigenvalue weighted by atomic mass is 9.78. The van der Waals surface area contributed by atoms with Crippen LogP contribution in [0.25, 0.3) is 11.3 Å². The SMILES string of the molecule is c1ccc(C2Cc3cnc(NCCCN4CCOCC4)nc3-c3ccccc32)cc1. The summed E-state index contributed by atoms with van der Waals surface area (Å²) in [5.74, 6) is 1.08. The van der Waals surface area contributed by atoms with Crippen LogP contribution in [-0.4, -0.2) is 54.3 Å². The highest BCUT2D eigenvalue weighted by atomic mass is 16.5. The van der Waals surface area contributed by atoms with Crippen molar-refractivity contribution in [2.45, 2.75) is 18.8 Å². The minimum absolute atomic E-state index is 0.353. The maximum absolute atomic E-state index is 5.42. The Balaban J connectivity index is 1.31. The predicted octanol–water partition coefficient (Wildman–Crippen LogP) is 3.97. The minimum atomic E-state index is 0.353. The molecule has 1 fully saturated rings. The smallest absolute Gasteiger partial charge is 0.223 e. The predicted molar refractivity (Wildman–Crippen MR) is 120 cm³/mol. The van der Waals surface area contributed by atoms with Crippen molar-refractivity contribution in [3.63, 3.8) is 0 Å². The second kappa shape index (κ2) is 8.94. The number of nitrogens with one attached hydrogen (secondary N) is 1. The molecule has 1 unspecified atom stereocenters. The number of fused-ring (bicyclic) bond motifs is 3. The third-order valence-corrected chi connectivity index (χ3v) is 6.12. The topological polar surface area (TPSA) is 50.3 Å². The number of anilines is 1. The summed E-state index contributed by atoms with van der Waals surface area (Å²) in [5.41, 5.74) is 6.23. The van der Waals surface area contributed by atoms with Crippen molar-refractivity contribution >= 4 is 5.95 Å². The fourth-order valence-electron chi connectivity index (χ4n) is 4.53. The summed E-state index contributed by atoms with van der Waals surface area (Å²) in [6.07, 6.45) is 4.03. The summed E-state index contributed by atoms with van der Waals surface area (Å²) in [6.45, 7) is 5.74. The van der Waals surface area contributed by atoms with Crippen molar-refractivity contribution in [1.29, 1.82) is 0 Å². The molecule has 2 heterocycles. The highest BCUT2D eigenvalue weighted by Crippen LogP contribution is 2.41. The van der Waals surface area contributed by atoms with Crippen molar-refractivity contribution in [2.24, 2.45) is 0 Å². The molecule has 1 aromatic heterocycles. The molecule has 1 aliphatic heterocycles. The number of ether oxygens (including phenoxy) is 1. The Labute approximate surface area is 178 Å². The van der Waals surface area contributed by atoms with E-state index in [0.29, 0.717) is 5.92 Å². The van der Waals surface area contributed by atoms with Crippen LogP contribution in [0.3, 0.4) is 0 Å². The lowest BCUT2D eigenvalue weighted by molar-refractivity contribution is 0.0378. The molecule has 2 aliphatic rings. The zero-order chi connectivity index (χ0) is 20.2. The highest BCUT2D eigenvalue weighted by Gasteiger charge is 2.27. The van der Waals surface area contributed by atoms with Gasteiger partial charge in [0.2, 0.25) is 5.95 Å². The molecule has 1 aliphatic carbocycles. The first-order valence-electron chi connectivity index (χ1n) is 10.9. The minimum Gasteiger partial charge on any atom is -0.379 e. The second-order valence-corrected chi connectivity index (χ2v) is 8.06. The quantitative estimate of drug-likeness (QED) is 0.635. The Hall–Kier alpha value is -2.76. The van der Waals surface area contributed by atoms with E-state index in [1.165, 1.54) is 22.3 Å². The second-order valence-electron chi connectivity index (χ2n) is 8.06. The summed E-state index contributed by atoms with van der Waals surface area (Å²) in [6, 6.07) is 19.4. The van der Waals surface area contributed by atoms with Gasteiger partial charge in [0.1, 0.15) is 0 Å². The van der Waals surface area contributed by atoms with Crippen molar-refractivity contribution in [1.82, 2.24) is 14.9 Å². The van der Waals surface area contributed by atoms with Crippen LogP contribution in [0.5, 0.6) is 0 Å². The number of rotatable bonds is 6. The molecule has 2 aromatic carbocycles. The lowest BCUT2D eigenvalue weighted by Gasteiger charge is -2.27. The Bertz CT molecular complexity index is 985. The highest BCUT2D eigenvalue weighted by molar-refractivity contribution is 5.72. The van der Waals surface area contributed by atoms with Gasteiger partial charge in [0.25, 0.3) is 0 Å². The van der Waals surface area contributed by atoms with Crippen LogP contribution < -0.4 is 5.32 Å². The standard InChI is InChI=1S/C25H28N4O/c1-2-7-19(8-3-1)23-17-20-18-27-25(26-11-6-12-29-13-15-30-16-14-29)28-24(20)22-10-5-4-9-21(22)23/h1-5,7-10,18,23H,6,11-17H2,(H,26,27,28). The summed E-state index contributed by atoms with van der Waals surface area (Å²) >= 11 is 0. The van der Waals surface area contributed by atoms with Gasteiger partial charge in [-0.25, -0.2) is 9.97 Å². The first kappa shape index (κ1) is 19.2. The number of morpholine rings is 1. The maximum Gasteiger partial charge on any atom is 0.223 e. The Morgan fingerprint density at radius 3 is 2.67 bits per heavy atom. The molecule has 0 spiro atoms. The van der Waals surface area contributed by atoms with Gasteiger partial charge in [0.05, 0.1) is 18.9 Å². The van der Waals surface area contributed by atoms with Crippen molar-refractivity contribution in [3.8, 4) is 11.3 Å². The fourth-order valence-corrected chi connectivity index (χ4v) is 4.53. The fraction of sp³-hybridized carbons (Fsp3) is 0.360. The normalized spacial score (nSPS) is 18.5. The lowest BCUT2D eigenvalue weighted by Crippen LogP contribution is -2.37. The number of aromatic nitrogens is 2. The van der Waals surface area contributed by atoms with Gasteiger partial charge in [-0.15, -0.1) is 0 Å². The first-order valence-corrected chi connectivity index (χ1v) is 10.9. The van der Waals surface area contributed by atoms with E-state index in [1.54, 1.807) is 0 Å². The van der Waals surface area contributed by atoms with Crippen LogP contribution in [0.4, 0.5) is 5.95 Å². The number of hydrogen-bond donors (Lipinski definition) is 1. The van der Waals surface area contributed by atoms with Gasteiger partial charge in [0, 0.05) is 37.3 Å². The van der Waals surface area contributed by atoms with E-state index in [4.69, 9.17) is 9.72 Å². The number of nitrogens with zero attached hydrogens (tertiary/aromatic N) is 3. The molecule has 0 bridgehead atoms. The van der Waals surface area contributed by atoms with Gasteiger partial charge in [-0.3, -0.25) is 4.90 Å². The molecular formula is C25H28N4O. The van der Waals surface area contributed by atoms with Crippen LogP contribution in [0.2, 0.25) is 0 Å². The van der Waals surface area contributed by atoms with Gasteiger partial charge in [0.15, 0.2) is 0 Å². The Kier molecular flexibility index (Phi) is 5.73. The molecule has 0 amide bonds.